The molecule has 1 rings (SSSR count). The number of unbranched alkanes of at least 4 members (excludes halogenated alkanes) is 9. The molecule has 0 spiro atoms. The molecule has 2 unspecified atom stereocenters. The van der Waals surface area contributed by atoms with Gasteiger partial charge in [0.25, 0.3) is 0 Å². The fraction of sp³-hybridized carbons (Fsp3) is 0.684. The van der Waals surface area contributed by atoms with Crippen molar-refractivity contribution in [2.45, 2.75) is 82.8 Å². The molecule has 126 valence electrons. The monoisotopic (exact) mass is 324 g/mol. The second-order valence-electron chi connectivity index (χ2n) is 6.15. The van der Waals surface area contributed by atoms with Gasteiger partial charge in [0.15, 0.2) is 11.1 Å². The summed E-state index contributed by atoms with van der Waals surface area (Å²) in [5.41, 5.74) is 0.985. The minimum Gasteiger partial charge on any atom is -0.306 e. The third kappa shape index (κ3) is 8.70. The molecule has 2 nitrogen and oxygen atoms in total. The van der Waals surface area contributed by atoms with E-state index >= 15 is 0 Å². The first-order chi connectivity index (χ1) is 10.8. The summed E-state index contributed by atoms with van der Waals surface area (Å²) >= 11 is -1.77. The summed E-state index contributed by atoms with van der Waals surface area (Å²) in [6.45, 7) is 2.25. The van der Waals surface area contributed by atoms with Crippen LogP contribution in [-0.2, 0) is 11.1 Å². The molecule has 0 heterocycles. The van der Waals surface area contributed by atoms with E-state index in [0.29, 0.717) is 0 Å². The minimum atomic E-state index is -1.77. The highest BCUT2D eigenvalue weighted by atomic mass is 32.2. The van der Waals surface area contributed by atoms with Crippen LogP contribution in [0.15, 0.2) is 30.3 Å². The second-order valence-corrected chi connectivity index (χ2v) is 7.27. The van der Waals surface area contributed by atoms with Crippen LogP contribution in [0.3, 0.4) is 0 Å². The second kappa shape index (κ2) is 12.8. The molecule has 0 aliphatic carbocycles. The van der Waals surface area contributed by atoms with Crippen molar-refractivity contribution in [2.75, 3.05) is 0 Å². The van der Waals surface area contributed by atoms with Gasteiger partial charge in [0.2, 0.25) is 0 Å². The molecule has 3 heteroatoms. The van der Waals surface area contributed by atoms with Gasteiger partial charge >= 0.3 is 0 Å². The van der Waals surface area contributed by atoms with Crippen molar-refractivity contribution >= 4 is 11.1 Å². The summed E-state index contributed by atoms with van der Waals surface area (Å²) in [6.07, 6.45) is 13.8. The van der Waals surface area contributed by atoms with Gasteiger partial charge in [0, 0.05) is 0 Å². The van der Waals surface area contributed by atoms with Crippen LogP contribution in [0.1, 0.15) is 88.4 Å². The zero-order chi connectivity index (χ0) is 16.0. The zero-order valence-corrected chi connectivity index (χ0v) is 14.8. The molecule has 0 saturated carbocycles. The summed E-state index contributed by atoms with van der Waals surface area (Å²) in [4.78, 5) is 0. The molecule has 0 aliphatic rings. The molecule has 0 radical (unpaired) electrons. The van der Waals surface area contributed by atoms with Crippen LogP contribution in [0.4, 0.5) is 0 Å². The molecule has 0 amide bonds. The number of hydrogen-bond acceptors (Lipinski definition) is 1. The zero-order valence-electron chi connectivity index (χ0n) is 14.0. The lowest BCUT2D eigenvalue weighted by Gasteiger charge is -2.13. The maximum atomic E-state index is 11.5. The summed E-state index contributed by atoms with van der Waals surface area (Å²) in [6, 6.07) is 9.73. The average molecular weight is 325 g/mol. The molecule has 0 saturated heterocycles. The van der Waals surface area contributed by atoms with Crippen LogP contribution in [0.2, 0.25) is 0 Å². The highest BCUT2D eigenvalue weighted by Crippen LogP contribution is 2.25. The van der Waals surface area contributed by atoms with Crippen LogP contribution < -0.4 is 0 Å². The molecular weight excluding hydrogens is 292 g/mol. The number of hydrogen-bond donors (Lipinski definition) is 1. The summed E-state index contributed by atoms with van der Waals surface area (Å²) in [5.74, 6) is 0. The van der Waals surface area contributed by atoms with Crippen molar-refractivity contribution in [3.8, 4) is 0 Å². The molecule has 1 aromatic carbocycles. The van der Waals surface area contributed by atoms with Gasteiger partial charge < -0.3 is 4.55 Å². The Labute approximate surface area is 139 Å². The van der Waals surface area contributed by atoms with Crippen LogP contribution in [0.5, 0.6) is 0 Å². The fourth-order valence-corrected chi connectivity index (χ4v) is 3.63. The minimum absolute atomic E-state index is 0.227. The first-order valence-corrected chi connectivity index (χ1v) is 10.1. The van der Waals surface area contributed by atoms with Crippen LogP contribution in [0, 0.1) is 0 Å². The van der Waals surface area contributed by atoms with Crippen LogP contribution >= 0.6 is 0 Å². The lowest BCUT2D eigenvalue weighted by Crippen LogP contribution is -2.05. The first kappa shape index (κ1) is 19.4. The van der Waals surface area contributed by atoms with Gasteiger partial charge in [0.05, 0.1) is 5.25 Å². The van der Waals surface area contributed by atoms with E-state index in [1.54, 1.807) is 0 Å². The third-order valence-electron chi connectivity index (χ3n) is 4.23. The van der Waals surface area contributed by atoms with Gasteiger partial charge in [-0.25, -0.2) is 4.21 Å². The normalized spacial score (nSPS) is 13.9. The topological polar surface area (TPSA) is 37.3 Å². The van der Waals surface area contributed by atoms with E-state index in [0.717, 1.165) is 18.4 Å². The molecule has 1 N–H and O–H groups in total. The number of benzene rings is 1. The predicted molar refractivity (Wildman–Crippen MR) is 96.4 cm³/mol. The van der Waals surface area contributed by atoms with Crippen molar-refractivity contribution < 1.29 is 8.76 Å². The van der Waals surface area contributed by atoms with Crippen molar-refractivity contribution in [2.24, 2.45) is 0 Å². The Hall–Kier alpha value is -0.670. The summed E-state index contributed by atoms with van der Waals surface area (Å²) < 4.78 is 21.0. The third-order valence-corrected chi connectivity index (χ3v) is 5.23. The van der Waals surface area contributed by atoms with Gasteiger partial charge in [0.1, 0.15) is 0 Å². The maximum Gasteiger partial charge on any atom is 0.160 e. The van der Waals surface area contributed by atoms with Crippen molar-refractivity contribution in [1.82, 2.24) is 0 Å². The summed E-state index contributed by atoms with van der Waals surface area (Å²) in [7, 11) is 0. The molecule has 22 heavy (non-hydrogen) atoms. The quantitative estimate of drug-likeness (QED) is 0.343. The Bertz CT molecular complexity index is 392. The standard InChI is InChI=1S/C19H32O2S/c1-2-3-4-5-6-7-8-9-10-14-17-19(22(20)21)18-15-12-11-13-16-18/h11-13,15-16,19H,2-10,14,17H2,1H3,(H,20,21). The molecule has 0 aliphatic heterocycles. The Balaban J connectivity index is 2.08. The largest absolute Gasteiger partial charge is 0.306 e. The van der Waals surface area contributed by atoms with E-state index in [9.17, 15) is 8.76 Å². The van der Waals surface area contributed by atoms with Crippen molar-refractivity contribution in [3.63, 3.8) is 0 Å². The Morgan fingerprint density at radius 2 is 1.36 bits per heavy atom. The van der Waals surface area contributed by atoms with Crippen molar-refractivity contribution in [3.05, 3.63) is 35.9 Å². The highest BCUT2D eigenvalue weighted by Gasteiger charge is 2.16. The SMILES string of the molecule is CCCCCCCCCCCCC(c1ccccc1)S(=O)O. The average Bonchev–Trinajstić information content (AvgIpc) is 2.53. The van der Waals surface area contributed by atoms with E-state index in [-0.39, 0.29) is 5.25 Å². The lowest BCUT2D eigenvalue weighted by molar-refractivity contribution is 0.523. The van der Waals surface area contributed by atoms with E-state index in [2.05, 4.69) is 6.92 Å². The molecule has 0 bridgehead atoms. The van der Waals surface area contributed by atoms with Crippen LogP contribution in [0.25, 0.3) is 0 Å². The Morgan fingerprint density at radius 1 is 0.864 bits per heavy atom. The Kier molecular flexibility index (Phi) is 11.3. The van der Waals surface area contributed by atoms with E-state index in [4.69, 9.17) is 0 Å². The number of rotatable bonds is 13. The van der Waals surface area contributed by atoms with E-state index in [1.165, 1.54) is 57.8 Å². The summed E-state index contributed by atoms with van der Waals surface area (Å²) in [5, 5.41) is -0.227. The van der Waals surface area contributed by atoms with Crippen LogP contribution in [-0.4, -0.2) is 8.76 Å². The van der Waals surface area contributed by atoms with E-state index < -0.39 is 11.1 Å². The van der Waals surface area contributed by atoms with Gasteiger partial charge in [-0.15, -0.1) is 0 Å². The molecule has 1 aromatic rings. The van der Waals surface area contributed by atoms with Gasteiger partial charge in [-0.1, -0.05) is 101 Å². The molecule has 2 atom stereocenters. The lowest BCUT2D eigenvalue weighted by atomic mass is 10.0. The first-order valence-electron chi connectivity index (χ1n) is 8.90. The Morgan fingerprint density at radius 3 is 1.86 bits per heavy atom. The van der Waals surface area contributed by atoms with E-state index in [1.807, 2.05) is 30.3 Å². The van der Waals surface area contributed by atoms with Gasteiger partial charge in [-0.05, 0) is 12.0 Å². The maximum absolute atomic E-state index is 11.5. The highest BCUT2D eigenvalue weighted by molar-refractivity contribution is 7.79. The van der Waals surface area contributed by atoms with Crippen molar-refractivity contribution in [1.29, 1.82) is 0 Å². The van der Waals surface area contributed by atoms with Gasteiger partial charge in [-0.2, -0.15) is 0 Å². The smallest absolute Gasteiger partial charge is 0.160 e. The molecular formula is C19H32O2S. The molecule has 0 fully saturated rings. The molecule has 0 aromatic heterocycles. The fourth-order valence-electron chi connectivity index (χ4n) is 2.87. The predicted octanol–water partition coefficient (Wildman–Crippen LogP) is 6.26. The van der Waals surface area contributed by atoms with Gasteiger partial charge in [-0.3, -0.25) is 0 Å².